The van der Waals surface area contributed by atoms with Crippen molar-refractivity contribution in [3.63, 3.8) is 0 Å². The second kappa shape index (κ2) is 9.88. The number of methoxy groups -OCH3 is 1. The average molecular weight is 367 g/mol. The number of hydrogen-bond donors (Lipinski definition) is 1. The van der Waals surface area contributed by atoms with Gasteiger partial charge >= 0.3 is 6.61 Å². The highest BCUT2D eigenvalue weighted by atomic mass is 32.2. The lowest BCUT2D eigenvalue weighted by Gasteiger charge is -2.12. The van der Waals surface area contributed by atoms with Crippen LogP contribution in [0.5, 0.6) is 11.5 Å². The standard InChI is InChI=1S/C18H19F2NO3S/c1-23-16-9-14(7-8-15(16)24-18(19)20)10-21-17(22)12-25-11-13-5-3-2-4-6-13/h2-9,18H,10-12H2,1H3,(H,21,22). The fourth-order valence-electron chi connectivity index (χ4n) is 2.10. The molecule has 0 bridgehead atoms. The predicted octanol–water partition coefficient (Wildman–Crippen LogP) is 3.85. The van der Waals surface area contributed by atoms with Crippen LogP contribution in [0.25, 0.3) is 0 Å². The Morgan fingerprint density at radius 1 is 1.12 bits per heavy atom. The highest BCUT2D eigenvalue weighted by Crippen LogP contribution is 2.29. The van der Waals surface area contributed by atoms with Gasteiger partial charge in [-0.25, -0.2) is 0 Å². The summed E-state index contributed by atoms with van der Waals surface area (Å²) in [5, 5.41) is 2.79. The normalized spacial score (nSPS) is 10.6. The van der Waals surface area contributed by atoms with Gasteiger partial charge in [0.25, 0.3) is 0 Å². The topological polar surface area (TPSA) is 47.6 Å². The van der Waals surface area contributed by atoms with E-state index in [1.54, 1.807) is 12.1 Å². The number of benzene rings is 2. The molecule has 0 radical (unpaired) electrons. The van der Waals surface area contributed by atoms with Crippen LogP contribution in [0.3, 0.4) is 0 Å². The first-order chi connectivity index (χ1) is 12.1. The van der Waals surface area contributed by atoms with Crippen molar-refractivity contribution in [3.8, 4) is 11.5 Å². The average Bonchev–Trinajstić information content (AvgIpc) is 2.61. The summed E-state index contributed by atoms with van der Waals surface area (Å²) in [6.07, 6.45) is 0. The van der Waals surface area contributed by atoms with E-state index in [0.29, 0.717) is 5.75 Å². The molecule has 0 spiro atoms. The third-order valence-electron chi connectivity index (χ3n) is 3.28. The Hall–Kier alpha value is -2.28. The molecule has 25 heavy (non-hydrogen) atoms. The number of carbonyl (C=O) groups is 1. The third kappa shape index (κ3) is 6.62. The zero-order valence-corrected chi connectivity index (χ0v) is 14.5. The number of hydrogen-bond acceptors (Lipinski definition) is 4. The lowest BCUT2D eigenvalue weighted by atomic mass is 10.2. The van der Waals surface area contributed by atoms with Crippen LogP contribution >= 0.6 is 11.8 Å². The number of ether oxygens (including phenoxy) is 2. The molecule has 0 unspecified atom stereocenters. The molecule has 0 saturated carbocycles. The Balaban J connectivity index is 1.79. The van der Waals surface area contributed by atoms with Gasteiger partial charge in [0.1, 0.15) is 0 Å². The van der Waals surface area contributed by atoms with Gasteiger partial charge in [0.15, 0.2) is 11.5 Å². The largest absolute Gasteiger partial charge is 0.493 e. The van der Waals surface area contributed by atoms with Crippen molar-refractivity contribution in [2.24, 2.45) is 0 Å². The highest BCUT2D eigenvalue weighted by Gasteiger charge is 2.11. The summed E-state index contributed by atoms with van der Waals surface area (Å²) < 4.78 is 34.0. The van der Waals surface area contributed by atoms with Crippen molar-refractivity contribution in [1.82, 2.24) is 5.32 Å². The molecule has 2 aromatic rings. The minimum absolute atomic E-state index is 0.0361. The van der Waals surface area contributed by atoms with Crippen molar-refractivity contribution in [3.05, 3.63) is 59.7 Å². The fourth-order valence-corrected chi connectivity index (χ4v) is 2.92. The van der Waals surface area contributed by atoms with E-state index in [0.717, 1.165) is 11.3 Å². The summed E-state index contributed by atoms with van der Waals surface area (Å²) in [7, 11) is 1.37. The Bertz CT molecular complexity index is 683. The van der Waals surface area contributed by atoms with Crippen LogP contribution in [0.15, 0.2) is 48.5 Å². The van der Waals surface area contributed by atoms with Gasteiger partial charge in [0, 0.05) is 12.3 Å². The first-order valence-corrected chi connectivity index (χ1v) is 8.74. The summed E-state index contributed by atoms with van der Waals surface area (Å²) in [5.41, 5.74) is 1.90. The third-order valence-corrected chi connectivity index (χ3v) is 4.28. The summed E-state index contributed by atoms with van der Waals surface area (Å²) in [4.78, 5) is 11.9. The number of nitrogens with one attached hydrogen (secondary N) is 1. The van der Waals surface area contributed by atoms with Gasteiger partial charge in [-0.05, 0) is 23.3 Å². The molecule has 7 heteroatoms. The molecule has 0 heterocycles. The molecular formula is C18H19F2NO3S. The van der Waals surface area contributed by atoms with Gasteiger partial charge in [0.2, 0.25) is 5.91 Å². The molecular weight excluding hydrogens is 348 g/mol. The van der Waals surface area contributed by atoms with Crippen LogP contribution in [0, 0.1) is 0 Å². The number of halogens is 2. The van der Waals surface area contributed by atoms with Crippen LogP contribution in [-0.4, -0.2) is 25.4 Å². The molecule has 134 valence electrons. The highest BCUT2D eigenvalue weighted by molar-refractivity contribution is 7.99. The van der Waals surface area contributed by atoms with Crippen molar-refractivity contribution in [2.75, 3.05) is 12.9 Å². The number of rotatable bonds is 9. The van der Waals surface area contributed by atoms with Crippen LogP contribution in [0.2, 0.25) is 0 Å². The van der Waals surface area contributed by atoms with Crippen molar-refractivity contribution in [2.45, 2.75) is 18.9 Å². The quantitative estimate of drug-likeness (QED) is 0.731. The number of thioether (sulfide) groups is 1. The second-order valence-corrected chi connectivity index (χ2v) is 6.10. The van der Waals surface area contributed by atoms with E-state index in [4.69, 9.17) is 4.74 Å². The fraction of sp³-hybridized carbons (Fsp3) is 0.278. The van der Waals surface area contributed by atoms with Crippen molar-refractivity contribution >= 4 is 17.7 Å². The van der Waals surface area contributed by atoms with E-state index >= 15 is 0 Å². The molecule has 0 aliphatic rings. The smallest absolute Gasteiger partial charge is 0.387 e. The van der Waals surface area contributed by atoms with Gasteiger partial charge < -0.3 is 14.8 Å². The Kier molecular flexibility index (Phi) is 7.53. The molecule has 4 nitrogen and oxygen atoms in total. The van der Waals surface area contributed by atoms with E-state index in [1.807, 2.05) is 30.3 Å². The summed E-state index contributed by atoms with van der Waals surface area (Å²) in [5.74, 6) is 1.18. The SMILES string of the molecule is COc1cc(CNC(=O)CSCc2ccccc2)ccc1OC(F)F. The van der Waals surface area contributed by atoms with Crippen LogP contribution in [-0.2, 0) is 17.1 Å². The molecule has 0 aromatic heterocycles. The lowest BCUT2D eigenvalue weighted by Crippen LogP contribution is -2.24. The summed E-state index contributed by atoms with van der Waals surface area (Å²) in [6, 6.07) is 14.5. The van der Waals surface area contributed by atoms with Gasteiger partial charge in [-0.3, -0.25) is 4.79 Å². The molecule has 2 rings (SSSR count). The lowest BCUT2D eigenvalue weighted by molar-refractivity contribution is -0.118. The van der Waals surface area contributed by atoms with Crippen LogP contribution in [0.4, 0.5) is 8.78 Å². The minimum atomic E-state index is -2.92. The second-order valence-electron chi connectivity index (χ2n) is 5.12. The monoisotopic (exact) mass is 367 g/mol. The number of amides is 1. The molecule has 0 atom stereocenters. The summed E-state index contributed by atoms with van der Waals surface area (Å²) in [6.45, 7) is -2.63. The predicted molar refractivity (Wildman–Crippen MR) is 94.1 cm³/mol. The zero-order chi connectivity index (χ0) is 18.1. The molecule has 0 saturated heterocycles. The van der Waals surface area contributed by atoms with Gasteiger partial charge in [-0.15, -0.1) is 11.8 Å². The Labute approximate surface area is 149 Å². The first-order valence-electron chi connectivity index (χ1n) is 7.58. The minimum Gasteiger partial charge on any atom is -0.493 e. The zero-order valence-electron chi connectivity index (χ0n) is 13.7. The van der Waals surface area contributed by atoms with E-state index in [9.17, 15) is 13.6 Å². The molecule has 1 amide bonds. The van der Waals surface area contributed by atoms with Crippen LogP contribution in [0.1, 0.15) is 11.1 Å². The molecule has 0 aliphatic carbocycles. The summed E-state index contributed by atoms with van der Waals surface area (Å²) >= 11 is 1.53. The van der Waals surface area contributed by atoms with E-state index in [-0.39, 0.29) is 24.0 Å². The molecule has 0 aliphatic heterocycles. The maximum Gasteiger partial charge on any atom is 0.387 e. The number of alkyl halides is 2. The molecule has 0 fully saturated rings. The Morgan fingerprint density at radius 3 is 2.56 bits per heavy atom. The van der Waals surface area contributed by atoms with Gasteiger partial charge in [0.05, 0.1) is 12.9 Å². The van der Waals surface area contributed by atoms with Gasteiger partial charge in [-0.1, -0.05) is 36.4 Å². The maximum atomic E-state index is 12.3. The maximum absolute atomic E-state index is 12.3. The van der Waals surface area contributed by atoms with E-state index in [2.05, 4.69) is 10.1 Å². The van der Waals surface area contributed by atoms with E-state index in [1.165, 1.54) is 30.5 Å². The van der Waals surface area contributed by atoms with Crippen molar-refractivity contribution < 1.29 is 23.0 Å². The van der Waals surface area contributed by atoms with Crippen LogP contribution < -0.4 is 14.8 Å². The van der Waals surface area contributed by atoms with Gasteiger partial charge in [-0.2, -0.15) is 8.78 Å². The molecule has 2 aromatic carbocycles. The Morgan fingerprint density at radius 2 is 1.88 bits per heavy atom. The van der Waals surface area contributed by atoms with E-state index < -0.39 is 6.61 Å². The first kappa shape index (κ1) is 19.1. The van der Waals surface area contributed by atoms with Crippen molar-refractivity contribution in [1.29, 1.82) is 0 Å². The molecule has 1 N–H and O–H groups in total. The number of carbonyl (C=O) groups excluding carboxylic acids is 1.